The van der Waals surface area contributed by atoms with Gasteiger partial charge in [-0.1, -0.05) is 27.7 Å². The first kappa shape index (κ1) is 16.1. The highest BCUT2D eigenvalue weighted by molar-refractivity contribution is 8.00. The van der Waals surface area contributed by atoms with Crippen LogP contribution in [0.4, 0.5) is 4.79 Å². The lowest BCUT2D eigenvalue weighted by Gasteiger charge is -2.36. The summed E-state index contributed by atoms with van der Waals surface area (Å²) in [7, 11) is 0. The fourth-order valence-electron chi connectivity index (χ4n) is 2.24. The molecule has 1 saturated heterocycles. The fourth-order valence-corrected chi connectivity index (χ4v) is 3.56. The molecule has 2 N–H and O–H groups in total. The second-order valence-corrected chi connectivity index (χ2v) is 7.44. The average Bonchev–Trinajstić information content (AvgIpc) is 2.25. The Labute approximate surface area is 119 Å². The lowest BCUT2D eigenvalue weighted by Crippen LogP contribution is -2.52. The Hall–Kier alpha value is -0.910. The Morgan fingerprint density at radius 3 is 2.26 bits per heavy atom. The minimum absolute atomic E-state index is 0.0307. The molecule has 0 aromatic heterocycles. The first-order valence-electron chi connectivity index (χ1n) is 6.72. The number of hydrogen-bond donors (Lipinski definition) is 2. The van der Waals surface area contributed by atoms with E-state index in [1.807, 2.05) is 25.6 Å². The van der Waals surface area contributed by atoms with Crippen molar-refractivity contribution < 1.29 is 14.7 Å². The molecule has 1 fully saturated rings. The summed E-state index contributed by atoms with van der Waals surface area (Å²) in [5, 5.41) is 12.6. The van der Waals surface area contributed by atoms with Gasteiger partial charge in [-0.15, -0.1) is 0 Å². The van der Waals surface area contributed by atoms with Crippen LogP contribution in [0.5, 0.6) is 0 Å². The lowest BCUT2D eigenvalue weighted by molar-refractivity contribution is -0.137. The van der Waals surface area contributed by atoms with Crippen molar-refractivity contribution >= 4 is 23.8 Å². The van der Waals surface area contributed by atoms with Crippen LogP contribution in [0.1, 0.15) is 34.1 Å². The predicted molar refractivity (Wildman–Crippen MR) is 77.5 cm³/mol. The zero-order chi connectivity index (χ0) is 14.6. The molecule has 0 bridgehead atoms. The number of thioether (sulfide) groups is 1. The molecule has 1 rings (SSSR count). The number of urea groups is 1. The second-order valence-electron chi connectivity index (χ2n) is 5.56. The summed E-state index contributed by atoms with van der Waals surface area (Å²) in [6.45, 7) is 9.50. The van der Waals surface area contributed by atoms with E-state index in [1.54, 1.807) is 4.90 Å². The maximum absolute atomic E-state index is 12.2. The number of carboxylic acids is 1. The molecule has 0 saturated carbocycles. The molecular weight excluding hydrogens is 264 g/mol. The van der Waals surface area contributed by atoms with Crippen LogP contribution >= 0.6 is 11.8 Å². The molecule has 0 aromatic carbocycles. The Kier molecular flexibility index (Phi) is 5.97. The van der Waals surface area contributed by atoms with Gasteiger partial charge in [0, 0.05) is 29.6 Å². The van der Waals surface area contributed by atoms with Crippen LogP contribution in [0.2, 0.25) is 0 Å². The molecule has 110 valence electrons. The number of carboxylic acid groups (broad SMARTS) is 1. The van der Waals surface area contributed by atoms with E-state index in [1.165, 1.54) is 0 Å². The van der Waals surface area contributed by atoms with E-state index in [-0.39, 0.29) is 24.4 Å². The summed E-state index contributed by atoms with van der Waals surface area (Å²) in [4.78, 5) is 24.8. The zero-order valence-corrected chi connectivity index (χ0v) is 12.9. The number of hydrogen-bond acceptors (Lipinski definition) is 3. The van der Waals surface area contributed by atoms with Gasteiger partial charge in [0.1, 0.15) is 0 Å². The van der Waals surface area contributed by atoms with Crippen molar-refractivity contribution in [2.24, 2.45) is 5.92 Å². The Morgan fingerprint density at radius 2 is 1.84 bits per heavy atom. The van der Waals surface area contributed by atoms with Crippen molar-refractivity contribution in [2.45, 2.75) is 50.7 Å². The van der Waals surface area contributed by atoms with Gasteiger partial charge in [0.2, 0.25) is 0 Å². The molecule has 0 aliphatic carbocycles. The van der Waals surface area contributed by atoms with Crippen molar-refractivity contribution in [1.82, 2.24) is 10.2 Å². The SMILES string of the molecule is CC1CN(C(=O)NC(CC(=O)O)C(C)C)CC(C)S1. The smallest absolute Gasteiger partial charge is 0.317 e. The van der Waals surface area contributed by atoms with Crippen LogP contribution in [0.25, 0.3) is 0 Å². The molecule has 2 amide bonds. The van der Waals surface area contributed by atoms with Crippen molar-refractivity contribution in [3.63, 3.8) is 0 Å². The van der Waals surface area contributed by atoms with Gasteiger partial charge in [-0.2, -0.15) is 11.8 Å². The first-order chi connectivity index (χ1) is 8.79. The lowest BCUT2D eigenvalue weighted by atomic mass is 10.0. The molecule has 1 aliphatic heterocycles. The number of rotatable bonds is 4. The van der Waals surface area contributed by atoms with Crippen LogP contribution in [-0.2, 0) is 4.79 Å². The van der Waals surface area contributed by atoms with Gasteiger partial charge in [0.15, 0.2) is 0 Å². The fraction of sp³-hybridized carbons (Fsp3) is 0.846. The predicted octanol–water partition coefficient (Wildman–Crippen LogP) is 2.02. The van der Waals surface area contributed by atoms with E-state index in [9.17, 15) is 9.59 Å². The van der Waals surface area contributed by atoms with Crippen LogP contribution in [0, 0.1) is 5.92 Å². The molecule has 0 spiro atoms. The van der Waals surface area contributed by atoms with E-state index < -0.39 is 5.97 Å². The number of aliphatic carboxylic acids is 1. The molecular formula is C13H24N2O3S. The molecule has 0 radical (unpaired) electrons. The molecule has 3 unspecified atom stereocenters. The average molecular weight is 288 g/mol. The summed E-state index contributed by atoms with van der Waals surface area (Å²) < 4.78 is 0. The van der Waals surface area contributed by atoms with Crippen molar-refractivity contribution in [3.05, 3.63) is 0 Å². The van der Waals surface area contributed by atoms with Crippen LogP contribution in [-0.4, -0.2) is 51.6 Å². The third-order valence-electron chi connectivity index (χ3n) is 3.21. The molecule has 6 heteroatoms. The number of carbonyl (C=O) groups is 2. The zero-order valence-electron chi connectivity index (χ0n) is 12.0. The maximum Gasteiger partial charge on any atom is 0.317 e. The Bertz CT molecular complexity index is 326. The summed E-state index contributed by atoms with van der Waals surface area (Å²) in [6, 6.07) is -0.454. The first-order valence-corrected chi connectivity index (χ1v) is 7.66. The number of nitrogens with one attached hydrogen (secondary N) is 1. The highest BCUT2D eigenvalue weighted by Crippen LogP contribution is 2.24. The molecule has 3 atom stereocenters. The van der Waals surface area contributed by atoms with E-state index in [4.69, 9.17) is 5.11 Å². The summed E-state index contributed by atoms with van der Waals surface area (Å²) in [5.41, 5.74) is 0. The van der Waals surface area contributed by atoms with E-state index in [2.05, 4.69) is 19.2 Å². The van der Waals surface area contributed by atoms with E-state index in [0.717, 1.165) is 13.1 Å². The van der Waals surface area contributed by atoms with Crippen molar-refractivity contribution in [2.75, 3.05) is 13.1 Å². The van der Waals surface area contributed by atoms with Gasteiger partial charge in [0.25, 0.3) is 0 Å². The summed E-state index contributed by atoms with van der Waals surface area (Å²) in [6.07, 6.45) is -0.0307. The minimum atomic E-state index is -0.880. The van der Waals surface area contributed by atoms with Crippen molar-refractivity contribution in [1.29, 1.82) is 0 Å². The second kappa shape index (κ2) is 7.03. The largest absolute Gasteiger partial charge is 0.481 e. The number of amides is 2. The summed E-state index contributed by atoms with van der Waals surface area (Å²) in [5.74, 6) is -0.774. The number of nitrogens with zero attached hydrogens (tertiary/aromatic N) is 1. The third-order valence-corrected chi connectivity index (χ3v) is 4.44. The van der Waals surface area contributed by atoms with Crippen molar-refractivity contribution in [3.8, 4) is 0 Å². The van der Waals surface area contributed by atoms with Gasteiger partial charge in [0.05, 0.1) is 6.42 Å². The van der Waals surface area contributed by atoms with Gasteiger partial charge in [-0.3, -0.25) is 4.79 Å². The molecule has 19 heavy (non-hydrogen) atoms. The monoisotopic (exact) mass is 288 g/mol. The minimum Gasteiger partial charge on any atom is -0.481 e. The molecule has 5 nitrogen and oxygen atoms in total. The van der Waals surface area contributed by atoms with Crippen LogP contribution in [0.3, 0.4) is 0 Å². The van der Waals surface area contributed by atoms with Crippen LogP contribution in [0.15, 0.2) is 0 Å². The third kappa shape index (κ3) is 5.30. The van der Waals surface area contributed by atoms with Gasteiger partial charge in [-0.05, 0) is 5.92 Å². The standard InChI is InChI=1S/C13H24N2O3S/c1-8(2)11(5-12(16)17)14-13(18)15-6-9(3)19-10(4)7-15/h8-11H,5-7H2,1-4H3,(H,14,18)(H,16,17). The Morgan fingerprint density at radius 1 is 1.32 bits per heavy atom. The van der Waals surface area contributed by atoms with E-state index in [0.29, 0.717) is 10.5 Å². The molecule has 1 heterocycles. The Balaban J connectivity index is 2.58. The maximum atomic E-state index is 12.2. The highest BCUT2D eigenvalue weighted by atomic mass is 32.2. The van der Waals surface area contributed by atoms with Gasteiger partial charge >= 0.3 is 12.0 Å². The summed E-state index contributed by atoms with van der Waals surface area (Å²) >= 11 is 1.88. The van der Waals surface area contributed by atoms with Crippen LogP contribution < -0.4 is 5.32 Å². The molecule has 0 aromatic rings. The van der Waals surface area contributed by atoms with E-state index >= 15 is 0 Å². The number of carbonyl (C=O) groups excluding carboxylic acids is 1. The van der Waals surface area contributed by atoms with Gasteiger partial charge in [-0.25, -0.2) is 4.79 Å². The van der Waals surface area contributed by atoms with Gasteiger partial charge < -0.3 is 15.3 Å². The molecule has 1 aliphatic rings. The quantitative estimate of drug-likeness (QED) is 0.830. The highest BCUT2D eigenvalue weighted by Gasteiger charge is 2.28. The topological polar surface area (TPSA) is 69.6 Å². The normalized spacial score (nSPS) is 25.2.